The average Bonchev–Trinajstić information content (AvgIpc) is 2.83. The van der Waals surface area contributed by atoms with E-state index in [1.807, 2.05) is 0 Å². The lowest BCUT2D eigenvalue weighted by atomic mass is 10.2. The summed E-state index contributed by atoms with van der Waals surface area (Å²) in [6, 6.07) is 5.81. The fraction of sp³-hybridized carbons (Fsp3) is 0.0769. The summed E-state index contributed by atoms with van der Waals surface area (Å²) >= 11 is 5.71. The molecule has 1 aromatic carbocycles. The number of aromatic nitrogens is 1. The molecular weight excluding hydrogens is 309 g/mol. The maximum Gasteiger partial charge on any atom is 0.418 e. The highest BCUT2D eigenvalue weighted by atomic mass is 35.5. The van der Waals surface area contributed by atoms with Crippen molar-refractivity contribution in [1.29, 1.82) is 5.26 Å². The molecular formula is C13H6ClF3N2O2. The molecule has 0 radical (unpaired) electrons. The Bertz CT molecular complexity index is 760. The molecule has 8 heteroatoms. The highest BCUT2D eigenvalue weighted by Gasteiger charge is 2.37. The number of rotatable bonds is 2. The van der Waals surface area contributed by atoms with Crippen LogP contribution in [-0.2, 0) is 6.18 Å². The molecule has 0 aliphatic rings. The van der Waals surface area contributed by atoms with Gasteiger partial charge in [0.25, 0.3) is 0 Å². The van der Waals surface area contributed by atoms with E-state index in [4.69, 9.17) is 22.0 Å². The van der Waals surface area contributed by atoms with E-state index in [2.05, 4.69) is 0 Å². The van der Waals surface area contributed by atoms with Gasteiger partial charge in [0.15, 0.2) is 0 Å². The minimum atomic E-state index is -4.81. The van der Waals surface area contributed by atoms with Crippen LogP contribution in [0.3, 0.4) is 0 Å². The number of benzene rings is 1. The van der Waals surface area contributed by atoms with Gasteiger partial charge in [-0.1, -0.05) is 11.6 Å². The summed E-state index contributed by atoms with van der Waals surface area (Å²) in [4.78, 5) is 10.9. The van der Waals surface area contributed by atoms with Crippen molar-refractivity contribution >= 4 is 17.6 Å². The third-order valence-electron chi connectivity index (χ3n) is 2.72. The van der Waals surface area contributed by atoms with Crippen LogP contribution in [0.1, 0.15) is 21.5 Å². The number of carbonyl (C=O) groups is 1. The van der Waals surface area contributed by atoms with Crippen LogP contribution >= 0.6 is 11.6 Å². The van der Waals surface area contributed by atoms with Crippen molar-refractivity contribution in [2.45, 2.75) is 6.18 Å². The van der Waals surface area contributed by atoms with Gasteiger partial charge in [0.05, 0.1) is 22.4 Å². The number of alkyl halides is 3. The maximum atomic E-state index is 12.8. The van der Waals surface area contributed by atoms with Gasteiger partial charge in [-0.3, -0.25) is 0 Å². The predicted octanol–water partition coefficient (Wildman–Crippen LogP) is 3.72. The third kappa shape index (κ3) is 2.85. The minimum absolute atomic E-state index is 0.0307. The van der Waals surface area contributed by atoms with Gasteiger partial charge in [0, 0.05) is 17.4 Å². The molecule has 2 rings (SSSR count). The highest BCUT2D eigenvalue weighted by Crippen LogP contribution is 2.34. The second kappa shape index (κ2) is 5.14. The Morgan fingerprint density at radius 2 is 2.00 bits per heavy atom. The van der Waals surface area contributed by atoms with Crippen molar-refractivity contribution in [2.24, 2.45) is 0 Å². The smallest absolute Gasteiger partial charge is 0.418 e. The number of hydrogen-bond acceptors (Lipinski definition) is 2. The number of hydrogen-bond donors (Lipinski definition) is 1. The fourth-order valence-corrected chi connectivity index (χ4v) is 1.98. The third-order valence-corrected chi connectivity index (χ3v) is 2.95. The van der Waals surface area contributed by atoms with Gasteiger partial charge in [-0.25, -0.2) is 4.79 Å². The molecule has 0 saturated carbocycles. The first kappa shape index (κ1) is 14.9. The molecule has 0 unspecified atom stereocenters. The van der Waals surface area contributed by atoms with Crippen molar-refractivity contribution < 1.29 is 23.1 Å². The molecule has 1 N–H and O–H groups in total. The zero-order valence-electron chi connectivity index (χ0n) is 10.1. The van der Waals surface area contributed by atoms with E-state index in [-0.39, 0.29) is 16.3 Å². The summed E-state index contributed by atoms with van der Waals surface area (Å²) in [5.74, 6) is -1.70. The predicted molar refractivity (Wildman–Crippen MR) is 67.5 cm³/mol. The topological polar surface area (TPSA) is 66.0 Å². The van der Waals surface area contributed by atoms with E-state index in [1.54, 1.807) is 6.07 Å². The Labute approximate surface area is 121 Å². The Balaban J connectivity index is 2.67. The van der Waals surface area contributed by atoms with Crippen LogP contribution in [0.25, 0.3) is 5.69 Å². The number of aromatic carboxylic acids is 1. The molecule has 4 nitrogen and oxygen atoms in total. The number of carboxylic acids is 1. The SMILES string of the molecule is N#Cc1cc(Cl)ccc1-n1cc(C(=O)O)c(C(F)(F)F)c1. The van der Waals surface area contributed by atoms with E-state index in [0.29, 0.717) is 6.20 Å². The molecule has 0 atom stereocenters. The lowest BCUT2D eigenvalue weighted by Gasteiger charge is -2.06. The summed E-state index contributed by atoms with van der Waals surface area (Å²) in [6.45, 7) is 0. The van der Waals surface area contributed by atoms with E-state index >= 15 is 0 Å². The van der Waals surface area contributed by atoms with Gasteiger partial charge in [-0.15, -0.1) is 0 Å². The second-order valence-electron chi connectivity index (χ2n) is 4.07. The van der Waals surface area contributed by atoms with Gasteiger partial charge >= 0.3 is 12.1 Å². The molecule has 0 amide bonds. The van der Waals surface area contributed by atoms with Crippen molar-refractivity contribution in [1.82, 2.24) is 4.57 Å². The molecule has 21 heavy (non-hydrogen) atoms. The van der Waals surface area contributed by atoms with Crippen LogP contribution in [0.4, 0.5) is 13.2 Å². The first-order chi connectivity index (χ1) is 9.74. The highest BCUT2D eigenvalue weighted by molar-refractivity contribution is 6.30. The number of carboxylic acid groups (broad SMARTS) is 1. The Kier molecular flexibility index (Phi) is 3.66. The minimum Gasteiger partial charge on any atom is -0.478 e. The first-order valence-corrected chi connectivity index (χ1v) is 5.84. The molecule has 0 spiro atoms. The molecule has 0 fully saturated rings. The summed E-state index contributed by atoms with van der Waals surface area (Å²) in [5, 5.41) is 18.1. The lowest BCUT2D eigenvalue weighted by Crippen LogP contribution is -2.09. The Morgan fingerprint density at radius 3 is 2.48 bits per heavy atom. The standard InChI is InChI=1S/C13H6ClF3N2O2/c14-8-1-2-11(7(3-8)4-18)19-5-9(12(20)21)10(6-19)13(15,16)17/h1-3,5-6H,(H,20,21). The van der Waals surface area contributed by atoms with E-state index < -0.39 is 23.3 Å². The normalized spacial score (nSPS) is 11.2. The number of nitriles is 1. The fourth-order valence-electron chi connectivity index (χ4n) is 1.81. The maximum absolute atomic E-state index is 12.8. The molecule has 0 saturated heterocycles. The molecule has 1 heterocycles. The van der Waals surface area contributed by atoms with Crippen LogP contribution in [0.15, 0.2) is 30.6 Å². The molecule has 0 aliphatic heterocycles. The van der Waals surface area contributed by atoms with Crippen LogP contribution in [0, 0.1) is 11.3 Å². The molecule has 0 bridgehead atoms. The van der Waals surface area contributed by atoms with Gasteiger partial charge in [0.1, 0.15) is 6.07 Å². The van der Waals surface area contributed by atoms with Crippen LogP contribution in [-0.4, -0.2) is 15.6 Å². The van der Waals surface area contributed by atoms with Crippen LogP contribution < -0.4 is 0 Å². The van der Waals surface area contributed by atoms with Crippen LogP contribution in [0.2, 0.25) is 5.02 Å². The molecule has 2 aromatic rings. The molecule has 108 valence electrons. The zero-order chi connectivity index (χ0) is 15.8. The number of nitrogens with zero attached hydrogens (tertiary/aromatic N) is 2. The van der Waals surface area contributed by atoms with Crippen molar-refractivity contribution in [3.8, 4) is 11.8 Å². The quantitative estimate of drug-likeness (QED) is 0.918. The Morgan fingerprint density at radius 1 is 1.33 bits per heavy atom. The van der Waals surface area contributed by atoms with E-state index in [0.717, 1.165) is 10.8 Å². The van der Waals surface area contributed by atoms with Gasteiger partial charge in [-0.2, -0.15) is 18.4 Å². The van der Waals surface area contributed by atoms with Gasteiger partial charge < -0.3 is 9.67 Å². The van der Waals surface area contributed by atoms with Gasteiger partial charge in [0.2, 0.25) is 0 Å². The second-order valence-corrected chi connectivity index (χ2v) is 4.51. The number of halogens is 4. The monoisotopic (exact) mass is 314 g/mol. The van der Waals surface area contributed by atoms with Crippen molar-refractivity contribution in [3.05, 3.63) is 52.3 Å². The zero-order valence-corrected chi connectivity index (χ0v) is 10.9. The summed E-state index contributed by atoms with van der Waals surface area (Å²) in [6.07, 6.45) is -3.36. The summed E-state index contributed by atoms with van der Waals surface area (Å²) < 4.78 is 39.4. The largest absolute Gasteiger partial charge is 0.478 e. The molecule has 1 aromatic heterocycles. The van der Waals surface area contributed by atoms with E-state index in [1.165, 1.54) is 18.2 Å². The van der Waals surface area contributed by atoms with Crippen LogP contribution in [0.5, 0.6) is 0 Å². The average molecular weight is 315 g/mol. The van der Waals surface area contributed by atoms with Gasteiger partial charge in [-0.05, 0) is 18.2 Å². The van der Waals surface area contributed by atoms with E-state index in [9.17, 15) is 18.0 Å². The first-order valence-electron chi connectivity index (χ1n) is 5.46. The van der Waals surface area contributed by atoms with Crippen molar-refractivity contribution in [2.75, 3.05) is 0 Å². The Hall–Kier alpha value is -2.46. The summed E-state index contributed by atoms with van der Waals surface area (Å²) in [5.41, 5.74) is -2.03. The molecule has 0 aliphatic carbocycles. The lowest BCUT2D eigenvalue weighted by molar-refractivity contribution is -0.138. The van der Waals surface area contributed by atoms with Crippen molar-refractivity contribution in [3.63, 3.8) is 0 Å². The summed E-state index contributed by atoms with van der Waals surface area (Å²) in [7, 11) is 0.